The van der Waals surface area contributed by atoms with Gasteiger partial charge in [0.15, 0.2) is 10.8 Å². The highest BCUT2D eigenvalue weighted by atomic mass is 32.1. The van der Waals surface area contributed by atoms with Crippen molar-refractivity contribution < 1.29 is 9.21 Å². The van der Waals surface area contributed by atoms with E-state index in [4.69, 9.17) is 4.42 Å². The second-order valence-corrected chi connectivity index (χ2v) is 5.82. The molecule has 0 bridgehead atoms. The minimum absolute atomic E-state index is 0.0226. The maximum atomic E-state index is 12.5. The molecule has 0 saturated carbocycles. The van der Waals surface area contributed by atoms with Gasteiger partial charge in [-0.2, -0.15) is 0 Å². The third-order valence-electron chi connectivity index (χ3n) is 3.46. The molecule has 0 aliphatic carbocycles. The summed E-state index contributed by atoms with van der Waals surface area (Å²) in [6.45, 7) is 3.53. The van der Waals surface area contributed by atoms with Crippen LogP contribution in [0.2, 0.25) is 0 Å². The molecule has 1 saturated heterocycles. The Morgan fingerprint density at radius 2 is 2.25 bits per heavy atom. The van der Waals surface area contributed by atoms with Gasteiger partial charge in [-0.1, -0.05) is 0 Å². The van der Waals surface area contributed by atoms with E-state index in [1.54, 1.807) is 6.26 Å². The van der Waals surface area contributed by atoms with Crippen molar-refractivity contribution in [1.82, 2.24) is 14.8 Å². The number of rotatable bonds is 2. The van der Waals surface area contributed by atoms with Crippen LogP contribution in [0, 0.1) is 0 Å². The molecule has 1 fully saturated rings. The smallest absolute Gasteiger partial charge is 0.273 e. The molecule has 3 heterocycles. The van der Waals surface area contributed by atoms with E-state index < -0.39 is 0 Å². The van der Waals surface area contributed by atoms with Gasteiger partial charge in [-0.25, -0.2) is 4.98 Å². The summed E-state index contributed by atoms with van der Waals surface area (Å²) in [6.07, 6.45) is 2.63. The van der Waals surface area contributed by atoms with Crippen LogP contribution in [0.4, 0.5) is 0 Å². The third kappa shape index (κ3) is 2.76. The summed E-state index contributed by atoms with van der Waals surface area (Å²) >= 11 is 1.44. The lowest BCUT2D eigenvalue weighted by atomic mass is 10.3. The number of likely N-dealkylation sites (N-methyl/N-ethyl adjacent to an activating group) is 1. The Bertz CT molecular complexity index is 579. The van der Waals surface area contributed by atoms with Crippen LogP contribution in [0.25, 0.3) is 10.8 Å². The Kier molecular flexibility index (Phi) is 3.84. The van der Waals surface area contributed by atoms with Crippen LogP contribution in [0.1, 0.15) is 16.9 Å². The predicted molar refractivity (Wildman–Crippen MR) is 77.8 cm³/mol. The second kappa shape index (κ2) is 5.76. The van der Waals surface area contributed by atoms with Crippen LogP contribution in [0.5, 0.6) is 0 Å². The molecule has 20 heavy (non-hydrogen) atoms. The highest BCUT2D eigenvalue weighted by molar-refractivity contribution is 7.13. The van der Waals surface area contributed by atoms with Gasteiger partial charge < -0.3 is 14.2 Å². The molecular formula is C14H17N3O2S. The van der Waals surface area contributed by atoms with E-state index in [0.717, 1.165) is 37.6 Å². The standard InChI is InChI=1S/C14H17N3O2S/c1-16-5-3-6-17(8-7-16)14(18)11-10-20-13(15-11)12-4-2-9-19-12/h2,4,9-10H,3,5-8H2,1H3. The first-order valence-corrected chi connectivity index (χ1v) is 7.59. The average Bonchev–Trinajstić information content (AvgIpc) is 3.08. The number of carbonyl (C=O) groups excluding carboxylic acids is 1. The van der Waals surface area contributed by atoms with E-state index in [1.807, 2.05) is 22.4 Å². The van der Waals surface area contributed by atoms with E-state index in [1.165, 1.54) is 11.3 Å². The summed E-state index contributed by atoms with van der Waals surface area (Å²) in [5.41, 5.74) is 0.519. The monoisotopic (exact) mass is 291 g/mol. The molecular weight excluding hydrogens is 274 g/mol. The van der Waals surface area contributed by atoms with E-state index in [2.05, 4.69) is 16.9 Å². The molecule has 0 radical (unpaired) electrons. The molecule has 2 aromatic heterocycles. The number of hydrogen-bond donors (Lipinski definition) is 0. The van der Waals surface area contributed by atoms with Gasteiger partial charge in [0.05, 0.1) is 6.26 Å². The van der Waals surface area contributed by atoms with Crippen LogP contribution in [-0.2, 0) is 0 Å². The lowest BCUT2D eigenvalue weighted by molar-refractivity contribution is 0.0758. The van der Waals surface area contributed by atoms with Gasteiger partial charge in [0.1, 0.15) is 5.69 Å². The summed E-state index contributed by atoms with van der Waals surface area (Å²) < 4.78 is 5.31. The number of hydrogen-bond acceptors (Lipinski definition) is 5. The van der Waals surface area contributed by atoms with Crippen molar-refractivity contribution in [3.63, 3.8) is 0 Å². The molecule has 2 aromatic rings. The molecule has 1 amide bonds. The summed E-state index contributed by atoms with van der Waals surface area (Å²) in [5, 5.41) is 2.57. The van der Waals surface area contributed by atoms with Gasteiger partial charge in [-0.05, 0) is 32.1 Å². The molecule has 5 nitrogen and oxygen atoms in total. The number of carbonyl (C=O) groups is 1. The summed E-state index contributed by atoms with van der Waals surface area (Å²) in [7, 11) is 2.09. The van der Waals surface area contributed by atoms with Crippen molar-refractivity contribution in [2.75, 3.05) is 33.2 Å². The van der Waals surface area contributed by atoms with E-state index in [0.29, 0.717) is 11.5 Å². The van der Waals surface area contributed by atoms with Crippen LogP contribution in [-0.4, -0.2) is 53.9 Å². The maximum Gasteiger partial charge on any atom is 0.273 e. The Morgan fingerprint density at radius 3 is 3.05 bits per heavy atom. The lowest BCUT2D eigenvalue weighted by Crippen LogP contribution is -2.34. The number of thiazole rings is 1. The van der Waals surface area contributed by atoms with Crippen LogP contribution < -0.4 is 0 Å². The fourth-order valence-corrected chi connectivity index (χ4v) is 3.06. The highest BCUT2D eigenvalue weighted by Crippen LogP contribution is 2.24. The minimum Gasteiger partial charge on any atom is -0.462 e. The van der Waals surface area contributed by atoms with E-state index >= 15 is 0 Å². The fourth-order valence-electron chi connectivity index (χ4n) is 2.30. The van der Waals surface area contributed by atoms with Crippen molar-refractivity contribution in [2.45, 2.75) is 6.42 Å². The van der Waals surface area contributed by atoms with Crippen molar-refractivity contribution >= 4 is 17.2 Å². The zero-order valence-electron chi connectivity index (χ0n) is 11.4. The zero-order chi connectivity index (χ0) is 13.9. The molecule has 1 aliphatic rings. The van der Waals surface area contributed by atoms with Crippen LogP contribution >= 0.6 is 11.3 Å². The van der Waals surface area contributed by atoms with Crippen molar-refractivity contribution in [2.24, 2.45) is 0 Å². The quantitative estimate of drug-likeness (QED) is 0.851. The molecule has 106 valence electrons. The van der Waals surface area contributed by atoms with Crippen molar-refractivity contribution in [3.05, 3.63) is 29.5 Å². The number of furan rings is 1. The van der Waals surface area contributed by atoms with Gasteiger partial charge in [0, 0.05) is 25.0 Å². The van der Waals surface area contributed by atoms with E-state index in [-0.39, 0.29) is 5.91 Å². The lowest BCUT2D eigenvalue weighted by Gasteiger charge is -2.19. The normalized spacial score (nSPS) is 17.1. The first-order chi connectivity index (χ1) is 9.74. The Balaban J connectivity index is 1.74. The van der Waals surface area contributed by atoms with Gasteiger partial charge in [0.2, 0.25) is 0 Å². The molecule has 0 unspecified atom stereocenters. The Morgan fingerprint density at radius 1 is 1.35 bits per heavy atom. The summed E-state index contributed by atoms with van der Waals surface area (Å²) in [4.78, 5) is 21.0. The zero-order valence-corrected chi connectivity index (χ0v) is 12.2. The Labute approximate surface area is 121 Å². The largest absolute Gasteiger partial charge is 0.462 e. The summed E-state index contributed by atoms with van der Waals surface area (Å²) in [6, 6.07) is 3.68. The van der Waals surface area contributed by atoms with E-state index in [9.17, 15) is 4.79 Å². The molecule has 0 spiro atoms. The van der Waals surface area contributed by atoms with Crippen molar-refractivity contribution in [3.8, 4) is 10.8 Å². The first kappa shape index (κ1) is 13.3. The van der Waals surface area contributed by atoms with Crippen molar-refractivity contribution in [1.29, 1.82) is 0 Å². The van der Waals surface area contributed by atoms with Crippen LogP contribution in [0.3, 0.4) is 0 Å². The number of aromatic nitrogens is 1. The fraction of sp³-hybridized carbons (Fsp3) is 0.429. The Hall–Kier alpha value is -1.66. The summed E-state index contributed by atoms with van der Waals surface area (Å²) in [5.74, 6) is 0.735. The molecule has 0 aromatic carbocycles. The van der Waals surface area contributed by atoms with Gasteiger partial charge in [-0.3, -0.25) is 4.79 Å². The van der Waals surface area contributed by atoms with Gasteiger partial charge >= 0.3 is 0 Å². The molecule has 1 aliphatic heterocycles. The SMILES string of the molecule is CN1CCCN(C(=O)c2csc(-c3ccco3)n2)CC1. The molecule has 0 atom stereocenters. The predicted octanol–water partition coefficient (Wildman–Crippen LogP) is 2.18. The topological polar surface area (TPSA) is 49.6 Å². The first-order valence-electron chi connectivity index (χ1n) is 6.71. The third-order valence-corrected chi connectivity index (χ3v) is 4.32. The second-order valence-electron chi connectivity index (χ2n) is 4.96. The highest BCUT2D eigenvalue weighted by Gasteiger charge is 2.21. The molecule has 6 heteroatoms. The van der Waals surface area contributed by atoms with Gasteiger partial charge in [-0.15, -0.1) is 11.3 Å². The van der Waals surface area contributed by atoms with Crippen LogP contribution in [0.15, 0.2) is 28.2 Å². The number of nitrogens with zero attached hydrogens (tertiary/aromatic N) is 3. The average molecular weight is 291 g/mol. The van der Waals surface area contributed by atoms with Gasteiger partial charge in [0.25, 0.3) is 5.91 Å². The number of amides is 1. The maximum absolute atomic E-state index is 12.5. The minimum atomic E-state index is 0.0226. The molecule has 3 rings (SSSR count). The molecule has 0 N–H and O–H groups in total.